The molecule has 0 saturated carbocycles. The standard InChI is InChI=1S/C29H37N9O2S2/c1-15-9-21(13-30)38(18(15)4)17(3)14-33-16(2)12-29(28-34-36-37-35-28)24-19(10-22(41-24)26(39)31-5)7-8-20-11-23(27(40)32-6)42-25(20)29/h10-11,15-16,18,21,33H,3,7-9,12,14H2,1-2,4-6H3,(H,31,39)(H,32,40)(H,34,35,36,37)/t15-,16+,18?,21?/m0/s1. The van der Waals surface area contributed by atoms with Gasteiger partial charge in [0, 0.05) is 48.2 Å². The van der Waals surface area contributed by atoms with Crippen LogP contribution in [0.5, 0.6) is 0 Å². The zero-order valence-corrected chi connectivity index (χ0v) is 26.2. The third-order valence-electron chi connectivity index (χ3n) is 8.66. The number of carbonyl (C=O) groups excluding carboxylic acids is 2. The normalized spacial score (nSPS) is 21.5. The number of likely N-dealkylation sites (tertiary alicyclic amines) is 1. The average Bonchev–Trinajstić information content (AvgIpc) is 3.79. The van der Waals surface area contributed by atoms with Crippen LogP contribution in [-0.4, -0.2) is 76.1 Å². The maximum atomic E-state index is 12.8. The summed E-state index contributed by atoms with van der Waals surface area (Å²) in [4.78, 5) is 30.9. The van der Waals surface area contributed by atoms with Gasteiger partial charge in [-0.25, -0.2) is 0 Å². The Bertz CT molecular complexity index is 1460. The van der Waals surface area contributed by atoms with Crippen LogP contribution in [0, 0.1) is 17.2 Å². The summed E-state index contributed by atoms with van der Waals surface area (Å²) in [5, 5.41) is 34.5. The number of tetrazole rings is 1. The van der Waals surface area contributed by atoms with Crippen molar-refractivity contribution in [2.24, 2.45) is 5.92 Å². The van der Waals surface area contributed by atoms with Crippen LogP contribution in [0.15, 0.2) is 24.4 Å². The van der Waals surface area contributed by atoms with Gasteiger partial charge in [-0.05, 0) is 68.7 Å². The molecule has 1 aliphatic carbocycles. The molecule has 3 aromatic rings. The van der Waals surface area contributed by atoms with E-state index in [2.05, 4.69) is 74.9 Å². The second-order valence-electron chi connectivity index (χ2n) is 11.3. The van der Waals surface area contributed by atoms with Crippen LogP contribution < -0.4 is 16.0 Å². The molecule has 0 aromatic carbocycles. The fraction of sp³-hybridized carbons (Fsp3) is 0.517. The van der Waals surface area contributed by atoms with Crippen molar-refractivity contribution in [2.45, 2.75) is 70.0 Å². The molecule has 2 amide bonds. The minimum atomic E-state index is -0.847. The average molecular weight is 608 g/mol. The number of fused-ring (bicyclic) bond motifs is 2. The molecule has 3 aromatic heterocycles. The molecule has 0 spiro atoms. The third-order valence-corrected chi connectivity index (χ3v) is 11.3. The van der Waals surface area contributed by atoms with Gasteiger partial charge in [0.15, 0.2) is 5.82 Å². The number of H-pyrrole nitrogens is 1. The summed E-state index contributed by atoms with van der Waals surface area (Å²) in [7, 11) is 3.26. The lowest BCUT2D eigenvalue weighted by atomic mass is 9.76. The highest BCUT2D eigenvalue weighted by atomic mass is 32.1. The number of nitriles is 1. The van der Waals surface area contributed by atoms with E-state index in [-0.39, 0.29) is 29.9 Å². The Kier molecular flexibility index (Phi) is 8.50. The van der Waals surface area contributed by atoms with Gasteiger partial charge in [0.05, 0.1) is 15.8 Å². The highest BCUT2D eigenvalue weighted by Crippen LogP contribution is 2.52. The van der Waals surface area contributed by atoms with Gasteiger partial charge in [0.1, 0.15) is 11.5 Å². The minimum Gasteiger partial charge on any atom is -0.355 e. The van der Waals surface area contributed by atoms with Gasteiger partial charge in [-0.15, -0.1) is 32.9 Å². The summed E-state index contributed by atoms with van der Waals surface area (Å²) in [5.74, 6) is 0.628. The number of aryl methyl sites for hydroxylation is 2. The first-order valence-electron chi connectivity index (χ1n) is 14.2. The number of rotatable bonds is 9. The molecule has 5 rings (SSSR count). The molecule has 0 bridgehead atoms. The van der Waals surface area contributed by atoms with Crippen LogP contribution in [0.2, 0.25) is 0 Å². The van der Waals surface area contributed by atoms with Gasteiger partial charge < -0.3 is 20.9 Å². The molecule has 2 aliphatic rings. The summed E-state index contributed by atoms with van der Waals surface area (Å²) >= 11 is 2.89. The molecule has 4 N–H and O–H groups in total. The quantitative estimate of drug-likeness (QED) is 0.290. The van der Waals surface area contributed by atoms with Crippen LogP contribution in [0.25, 0.3) is 0 Å². The van der Waals surface area contributed by atoms with Gasteiger partial charge in [0.25, 0.3) is 11.8 Å². The fourth-order valence-electron chi connectivity index (χ4n) is 6.38. The van der Waals surface area contributed by atoms with Crippen LogP contribution in [-0.2, 0) is 18.3 Å². The lowest BCUT2D eigenvalue weighted by molar-refractivity contribution is 0.0959. The number of carbonyl (C=O) groups is 2. The topological polar surface area (TPSA) is 152 Å². The number of hydrogen-bond donors (Lipinski definition) is 4. The van der Waals surface area contributed by atoms with E-state index in [9.17, 15) is 14.9 Å². The third kappa shape index (κ3) is 5.12. The molecule has 4 heterocycles. The molecule has 2 unspecified atom stereocenters. The lowest BCUT2D eigenvalue weighted by Gasteiger charge is -2.34. The molecule has 42 heavy (non-hydrogen) atoms. The summed E-state index contributed by atoms with van der Waals surface area (Å²) in [6.45, 7) is 11.3. The van der Waals surface area contributed by atoms with Crippen molar-refractivity contribution in [2.75, 3.05) is 20.6 Å². The summed E-state index contributed by atoms with van der Waals surface area (Å²) in [5.41, 5.74) is 2.18. The summed E-state index contributed by atoms with van der Waals surface area (Å²) in [6.07, 6.45) is 2.82. The van der Waals surface area contributed by atoms with Crippen molar-refractivity contribution in [1.29, 1.82) is 5.26 Å². The van der Waals surface area contributed by atoms with Crippen molar-refractivity contribution in [3.05, 3.63) is 60.9 Å². The van der Waals surface area contributed by atoms with E-state index >= 15 is 0 Å². The SMILES string of the molecule is C=C(CN[C@H](C)CC1(c2nn[nH]n2)c2sc(C(=O)NC)cc2CCc2cc(C(=O)NC)sc21)N1C(C#N)C[C@H](C)C1C. The highest BCUT2D eigenvalue weighted by Gasteiger charge is 2.49. The number of thiophene rings is 2. The number of nitrogens with one attached hydrogen (secondary N) is 4. The van der Waals surface area contributed by atoms with E-state index in [0.717, 1.165) is 45.8 Å². The smallest absolute Gasteiger partial charge is 0.261 e. The van der Waals surface area contributed by atoms with Crippen molar-refractivity contribution in [3.63, 3.8) is 0 Å². The van der Waals surface area contributed by atoms with Gasteiger partial charge in [0.2, 0.25) is 0 Å². The zero-order chi connectivity index (χ0) is 30.2. The maximum Gasteiger partial charge on any atom is 0.261 e. The zero-order valence-electron chi connectivity index (χ0n) is 24.6. The van der Waals surface area contributed by atoms with Crippen molar-refractivity contribution in [3.8, 4) is 6.07 Å². The predicted molar refractivity (Wildman–Crippen MR) is 163 cm³/mol. The van der Waals surface area contributed by atoms with Crippen molar-refractivity contribution >= 4 is 34.5 Å². The maximum absolute atomic E-state index is 12.8. The number of aromatic amines is 1. The van der Waals surface area contributed by atoms with Gasteiger partial charge >= 0.3 is 0 Å². The molecule has 4 atom stereocenters. The Morgan fingerprint density at radius 1 is 1.17 bits per heavy atom. The highest BCUT2D eigenvalue weighted by molar-refractivity contribution is 7.16. The van der Waals surface area contributed by atoms with E-state index in [0.29, 0.717) is 34.5 Å². The second kappa shape index (κ2) is 11.9. The van der Waals surface area contributed by atoms with E-state index in [1.165, 1.54) is 22.7 Å². The van der Waals surface area contributed by atoms with Crippen LogP contribution in [0.1, 0.15) is 79.7 Å². The Hall–Kier alpha value is -3.60. The van der Waals surface area contributed by atoms with Crippen molar-refractivity contribution in [1.82, 2.24) is 41.5 Å². The molecule has 222 valence electrons. The Morgan fingerprint density at radius 2 is 1.76 bits per heavy atom. The molecule has 0 radical (unpaired) electrons. The van der Waals surface area contributed by atoms with Crippen LogP contribution >= 0.6 is 22.7 Å². The van der Waals surface area contributed by atoms with Gasteiger partial charge in [-0.2, -0.15) is 10.5 Å². The van der Waals surface area contributed by atoms with Crippen molar-refractivity contribution < 1.29 is 9.59 Å². The minimum absolute atomic E-state index is 0.0639. The summed E-state index contributed by atoms with van der Waals surface area (Å²) in [6, 6.07) is 6.38. The number of amides is 2. The first kappa shape index (κ1) is 29.9. The van der Waals surface area contributed by atoms with E-state index < -0.39 is 5.41 Å². The molecular formula is C29H37N9O2S2. The Balaban J connectivity index is 1.56. The molecule has 1 saturated heterocycles. The molecule has 13 heteroatoms. The number of aromatic nitrogens is 4. The van der Waals surface area contributed by atoms with E-state index in [1.54, 1.807) is 14.1 Å². The first-order valence-corrected chi connectivity index (χ1v) is 15.8. The van der Waals surface area contributed by atoms with Crippen LogP contribution in [0.4, 0.5) is 0 Å². The Labute approximate surface area is 253 Å². The monoisotopic (exact) mass is 607 g/mol. The van der Waals surface area contributed by atoms with Crippen LogP contribution in [0.3, 0.4) is 0 Å². The van der Waals surface area contributed by atoms with Gasteiger partial charge in [-0.3, -0.25) is 9.59 Å². The Morgan fingerprint density at radius 3 is 2.26 bits per heavy atom. The first-order chi connectivity index (χ1) is 20.1. The van der Waals surface area contributed by atoms with Gasteiger partial charge in [-0.1, -0.05) is 18.7 Å². The molecule has 11 nitrogen and oxygen atoms in total. The number of nitrogens with zero attached hydrogens (tertiary/aromatic N) is 5. The largest absolute Gasteiger partial charge is 0.355 e. The molecule has 1 aliphatic heterocycles. The van der Waals surface area contributed by atoms with E-state index in [1.807, 2.05) is 12.1 Å². The fourth-order valence-corrected chi connectivity index (χ4v) is 9.16. The second-order valence-corrected chi connectivity index (χ2v) is 13.4. The lowest BCUT2D eigenvalue weighted by Crippen LogP contribution is -2.42. The predicted octanol–water partition coefficient (Wildman–Crippen LogP) is 2.98. The molecule has 1 fully saturated rings. The molecular weight excluding hydrogens is 571 g/mol. The number of hydrogen-bond acceptors (Lipinski definition) is 10. The summed E-state index contributed by atoms with van der Waals surface area (Å²) < 4.78 is 0. The van der Waals surface area contributed by atoms with E-state index in [4.69, 9.17) is 0 Å².